The Kier molecular flexibility index (Phi) is 4.75. The van der Waals surface area contributed by atoms with Gasteiger partial charge < -0.3 is 5.11 Å². The van der Waals surface area contributed by atoms with Crippen molar-refractivity contribution in [3.8, 4) is 0 Å². The molecule has 0 aliphatic rings. The SMILES string of the molecule is CCCC(C)C(O)Cc1ncnn1CC. The summed E-state index contributed by atoms with van der Waals surface area (Å²) in [7, 11) is 0. The summed E-state index contributed by atoms with van der Waals surface area (Å²) in [6.07, 6.45) is 4.02. The molecule has 0 saturated heterocycles. The van der Waals surface area contributed by atoms with E-state index in [9.17, 15) is 5.11 Å². The number of aliphatic hydroxyl groups is 1. The van der Waals surface area contributed by atoms with Gasteiger partial charge in [0.15, 0.2) is 0 Å². The molecular formula is C11H21N3O. The second-order valence-corrected chi connectivity index (χ2v) is 4.03. The van der Waals surface area contributed by atoms with Gasteiger partial charge in [0.25, 0.3) is 0 Å². The zero-order chi connectivity index (χ0) is 11.3. The van der Waals surface area contributed by atoms with Crippen molar-refractivity contribution in [2.45, 2.75) is 52.7 Å². The molecule has 1 aromatic rings. The Morgan fingerprint density at radius 1 is 1.47 bits per heavy atom. The van der Waals surface area contributed by atoms with Gasteiger partial charge in [0, 0.05) is 13.0 Å². The maximum Gasteiger partial charge on any atom is 0.138 e. The Balaban J connectivity index is 2.53. The molecule has 0 aliphatic heterocycles. The van der Waals surface area contributed by atoms with Gasteiger partial charge in [0.1, 0.15) is 12.2 Å². The van der Waals surface area contributed by atoms with E-state index in [1.807, 2.05) is 11.6 Å². The van der Waals surface area contributed by atoms with Crippen LogP contribution in [0, 0.1) is 5.92 Å². The van der Waals surface area contributed by atoms with E-state index in [4.69, 9.17) is 0 Å². The maximum atomic E-state index is 9.96. The fourth-order valence-corrected chi connectivity index (χ4v) is 1.75. The van der Waals surface area contributed by atoms with E-state index in [1.54, 1.807) is 6.33 Å². The molecule has 0 aliphatic carbocycles. The van der Waals surface area contributed by atoms with Crippen LogP contribution in [0.3, 0.4) is 0 Å². The summed E-state index contributed by atoms with van der Waals surface area (Å²) in [5.41, 5.74) is 0. The summed E-state index contributed by atoms with van der Waals surface area (Å²) in [4.78, 5) is 4.16. The summed E-state index contributed by atoms with van der Waals surface area (Å²) in [6.45, 7) is 7.06. The van der Waals surface area contributed by atoms with Crippen molar-refractivity contribution < 1.29 is 5.11 Å². The molecule has 4 heteroatoms. The summed E-state index contributed by atoms with van der Waals surface area (Å²) in [5.74, 6) is 1.21. The molecule has 2 unspecified atom stereocenters. The van der Waals surface area contributed by atoms with Crippen molar-refractivity contribution in [2.75, 3.05) is 0 Å². The minimum absolute atomic E-state index is 0.306. The van der Waals surface area contributed by atoms with Crippen molar-refractivity contribution in [3.05, 3.63) is 12.2 Å². The van der Waals surface area contributed by atoms with Crippen LogP contribution in [-0.2, 0) is 13.0 Å². The third-order valence-electron chi connectivity index (χ3n) is 2.79. The predicted octanol–water partition coefficient (Wildman–Crippen LogP) is 1.64. The highest BCUT2D eigenvalue weighted by Crippen LogP contribution is 2.14. The van der Waals surface area contributed by atoms with E-state index >= 15 is 0 Å². The van der Waals surface area contributed by atoms with Crippen molar-refractivity contribution in [2.24, 2.45) is 5.92 Å². The highest BCUT2D eigenvalue weighted by molar-refractivity contribution is 4.88. The first-order valence-corrected chi connectivity index (χ1v) is 5.73. The van der Waals surface area contributed by atoms with Crippen LogP contribution >= 0.6 is 0 Å². The topological polar surface area (TPSA) is 50.9 Å². The van der Waals surface area contributed by atoms with Crippen LogP contribution in [0.15, 0.2) is 6.33 Å². The van der Waals surface area contributed by atoms with Crippen molar-refractivity contribution >= 4 is 0 Å². The van der Waals surface area contributed by atoms with Gasteiger partial charge >= 0.3 is 0 Å². The van der Waals surface area contributed by atoms with E-state index in [2.05, 4.69) is 23.9 Å². The van der Waals surface area contributed by atoms with Gasteiger partial charge in [-0.1, -0.05) is 20.3 Å². The first kappa shape index (κ1) is 12.2. The van der Waals surface area contributed by atoms with E-state index in [-0.39, 0.29) is 6.10 Å². The quantitative estimate of drug-likeness (QED) is 0.778. The number of aliphatic hydroxyl groups excluding tert-OH is 1. The van der Waals surface area contributed by atoms with Gasteiger partial charge in [-0.3, -0.25) is 4.68 Å². The van der Waals surface area contributed by atoms with Crippen molar-refractivity contribution in [1.82, 2.24) is 14.8 Å². The van der Waals surface area contributed by atoms with Gasteiger partial charge in [0.2, 0.25) is 0 Å². The van der Waals surface area contributed by atoms with Crippen LogP contribution in [0.5, 0.6) is 0 Å². The first-order valence-electron chi connectivity index (χ1n) is 5.73. The van der Waals surface area contributed by atoms with E-state index in [0.717, 1.165) is 25.2 Å². The molecule has 15 heavy (non-hydrogen) atoms. The largest absolute Gasteiger partial charge is 0.392 e. The van der Waals surface area contributed by atoms with Gasteiger partial charge in [-0.15, -0.1) is 0 Å². The lowest BCUT2D eigenvalue weighted by Gasteiger charge is -2.17. The third kappa shape index (κ3) is 3.30. The standard InChI is InChI=1S/C11H21N3O/c1-4-6-9(3)10(15)7-11-12-8-13-14(11)5-2/h8-10,15H,4-7H2,1-3H3. The monoisotopic (exact) mass is 211 g/mol. The number of nitrogens with zero attached hydrogens (tertiary/aromatic N) is 3. The van der Waals surface area contributed by atoms with Crippen LogP contribution < -0.4 is 0 Å². The summed E-state index contributed by atoms with van der Waals surface area (Å²) in [5, 5.41) is 14.0. The second-order valence-electron chi connectivity index (χ2n) is 4.03. The zero-order valence-corrected chi connectivity index (χ0v) is 9.85. The Bertz CT molecular complexity index is 285. The highest BCUT2D eigenvalue weighted by Gasteiger charge is 2.16. The molecule has 0 radical (unpaired) electrons. The average Bonchev–Trinajstić information content (AvgIpc) is 2.65. The van der Waals surface area contributed by atoms with Gasteiger partial charge in [-0.2, -0.15) is 5.10 Å². The number of rotatable bonds is 6. The van der Waals surface area contributed by atoms with Crippen LogP contribution in [0.2, 0.25) is 0 Å². The summed E-state index contributed by atoms with van der Waals surface area (Å²) in [6, 6.07) is 0. The molecule has 0 bridgehead atoms. The molecule has 0 aromatic carbocycles. The maximum absolute atomic E-state index is 9.96. The predicted molar refractivity (Wildman–Crippen MR) is 59.5 cm³/mol. The fourth-order valence-electron chi connectivity index (χ4n) is 1.75. The van der Waals surface area contributed by atoms with E-state index in [0.29, 0.717) is 12.3 Å². The Hall–Kier alpha value is -0.900. The zero-order valence-electron chi connectivity index (χ0n) is 9.85. The molecule has 0 fully saturated rings. The van der Waals surface area contributed by atoms with Crippen LogP contribution in [-0.4, -0.2) is 26.0 Å². The number of aryl methyl sites for hydroxylation is 1. The first-order chi connectivity index (χ1) is 7.19. The molecular weight excluding hydrogens is 190 g/mol. The van der Waals surface area contributed by atoms with Crippen LogP contribution in [0.1, 0.15) is 39.4 Å². The van der Waals surface area contributed by atoms with E-state index in [1.165, 1.54) is 0 Å². The number of hydrogen-bond acceptors (Lipinski definition) is 3. The van der Waals surface area contributed by atoms with E-state index < -0.39 is 0 Å². The summed E-state index contributed by atoms with van der Waals surface area (Å²) >= 11 is 0. The summed E-state index contributed by atoms with van der Waals surface area (Å²) < 4.78 is 1.84. The molecule has 4 nitrogen and oxygen atoms in total. The normalized spacial score (nSPS) is 15.2. The molecule has 0 saturated carbocycles. The van der Waals surface area contributed by atoms with Gasteiger partial charge in [0.05, 0.1) is 6.10 Å². The lowest BCUT2D eigenvalue weighted by Crippen LogP contribution is -2.22. The lowest BCUT2D eigenvalue weighted by atomic mass is 9.97. The van der Waals surface area contributed by atoms with Crippen molar-refractivity contribution in [1.29, 1.82) is 0 Å². The average molecular weight is 211 g/mol. The minimum Gasteiger partial charge on any atom is -0.392 e. The molecule has 2 atom stereocenters. The molecule has 1 N–H and O–H groups in total. The Morgan fingerprint density at radius 2 is 2.20 bits per heavy atom. The van der Waals surface area contributed by atoms with Crippen molar-refractivity contribution in [3.63, 3.8) is 0 Å². The lowest BCUT2D eigenvalue weighted by molar-refractivity contribution is 0.108. The Labute approximate surface area is 91.3 Å². The molecule has 0 spiro atoms. The van der Waals surface area contributed by atoms with Gasteiger partial charge in [-0.05, 0) is 19.3 Å². The smallest absolute Gasteiger partial charge is 0.138 e. The van der Waals surface area contributed by atoms with Gasteiger partial charge in [-0.25, -0.2) is 4.98 Å². The molecule has 1 rings (SSSR count). The Morgan fingerprint density at radius 3 is 2.80 bits per heavy atom. The molecule has 86 valence electrons. The number of aromatic nitrogens is 3. The third-order valence-corrected chi connectivity index (χ3v) is 2.79. The number of hydrogen-bond donors (Lipinski definition) is 1. The highest BCUT2D eigenvalue weighted by atomic mass is 16.3. The molecule has 1 aromatic heterocycles. The minimum atomic E-state index is -0.306. The fraction of sp³-hybridized carbons (Fsp3) is 0.818. The molecule has 0 amide bonds. The van der Waals surface area contributed by atoms with Crippen LogP contribution in [0.25, 0.3) is 0 Å². The second kappa shape index (κ2) is 5.85. The van der Waals surface area contributed by atoms with Crippen LogP contribution in [0.4, 0.5) is 0 Å². The molecule has 1 heterocycles.